The summed E-state index contributed by atoms with van der Waals surface area (Å²) in [5, 5.41) is 9.10. The number of rotatable bonds is 4. The average Bonchev–Trinajstić information content (AvgIpc) is 3.80. The molecule has 11 rings (SSSR count). The van der Waals surface area contributed by atoms with Crippen molar-refractivity contribution in [3.63, 3.8) is 0 Å². The lowest BCUT2D eigenvalue weighted by atomic mass is 9.96. The normalized spacial score (nSPS) is 11.8. The van der Waals surface area contributed by atoms with Crippen LogP contribution in [0.4, 0.5) is 0 Å². The lowest BCUT2D eigenvalue weighted by Gasteiger charge is -2.13. The fourth-order valence-corrected chi connectivity index (χ4v) is 8.60. The van der Waals surface area contributed by atoms with E-state index in [1.165, 1.54) is 16.2 Å². The van der Waals surface area contributed by atoms with Gasteiger partial charge in [0.2, 0.25) is 5.89 Å². The van der Waals surface area contributed by atoms with Crippen molar-refractivity contribution in [3.8, 4) is 45.6 Å². The largest absolute Gasteiger partial charge is 0.436 e. The van der Waals surface area contributed by atoms with Gasteiger partial charge in [0.25, 0.3) is 0 Å². The van der Waals surface area contributed by atoms with Gasteiger partial charge in [0, 0.05) is 42.4 Å². The van der Waals surface area contributed by atoms with Crippen LogP contribution in [0.2, 0.25) is 0 Å². The molecule has 0 unspecified atom stereocenters. The first-order chi connectivity index (χ1) is 25.7. The summed E-state index contributed by atoms with van der Waals surface area (Å²) < 4.78 is 8.62. The smallest absolute Gasteiger partial charge is 0.227 e. The van der Waals surface area contributed by atoms with Gasteiger partial charge in [-0.2, -0.15) is 0 Å². The molecule has 0 saturated carbocycles. The van der Waals surface area contributed by atoms with Crippen molar-refractivity contribution in [2.75, 3.05) is 0 Å². The Balaban J connectivity index is 1.18. The van der Waals surface area contributed by atoms with Gasteiger partial charge < -0.3 is 4.42 Å². The van der Waals surface area contributed by atoms with Crippen molar-refractivity contribution in [3.05, 3.63) is 158 Å². The standard InChI is InChI=1S/C46H26N4OS/c1-2-12-28(13-3-1)46-47-38-26-41-37(25-39(38)51-46)42-35(19-10-20-40(42)52-41)44-48-43(31-22-21-27-11-4-5-14-29(27)23-31)49-45(50-44)36-24-30-15-6-7-16-32(30)33-17-8-9-18-34(33)36/h1-26H. The monoisotopic (exact) mass is 682 g/mol. The Morgan fingerprint density at radius 1 is 0.404 bits per heavy atom. The summed E-state index contributed by atoms with van der Waals surface area (Å²) in [4.78, 5) is 20.6. The number of fused-ring (bicyclic) bond motifs is 8. The predicted molar refractivity (Wildman–Crippen MR) is 215 cm³/mol. The molecule has 0 aliphatic carbocycles. The van der Waals surface area contributed by atoms with Gasteiger partial charge in [0.15, 0.2) is 23.1 Å². The van der Waals surface area contributed by atoms with Crippen LogP contribution in [0.5, 0.6) is 0 Å². The van der Waals surface area contributed by atoms with Gasteiger partial charge in [-0.25, -0.2) is 19.9 Å². The van der Waals surface area contributed by atoms with Crippen LogP contribution in [-0.4, -0.2) is 19.9 Å². The van der Waals surface area contributed by atoms with Crippen molar-refractivity contribution in [1.82, 2.24) is 19.9 Å². The third-order valence-electron chi connectivity index (χ3n) is 9.92. The Morgan fingerprint density at radius 3 is 1.98 bits per heavy atom. The topological polar surface area (TPSA) is 64.7 Å². The van der Waals surface area contributed by atoms with E-state index in [1.807, 2.05) is 30.3 Å². The van der Waals surface area contributed by atoms with Crippen molar-refractivity contribution in [2.45, 2.75) is 0 Å². The van der Waals surface area contributed by atoms with Crippen molar-refractivity contribution in [2.24, 2.45) is 0 Å². The van der Waals surface area contributed by atoms with Crippen molar-refractivity contribution in [1.29, 1.82) is 0 Å². The molecule has 0 N–H and O–H groups in total. The molecular formula is C46H26N4OS. The fraction of sp³-hybridized carbons (Fsp3) is 0. The maximum absolute atomic E-state index is 6.34. The second-order valence-electron chi connectivity index (χ2n) is 13.0. The highest BCUT2D eigenvalue weighted by atomic mass is 32.1. The third kappa shape index (κ3) is 4.62. The Morgan fingerprint density at radius 2 is 1.12 bits per heavy atom. The molecule has 3 heterocycles. The van der Waals surface area contributed by atoms with Crippen LogP contribution >= 0.6 is 11.3 Å². The highest BCUT2D eigenvalue weighted by molar-refractivity contribution is 7.26. The SMILES string of the molecule is c1ccc(-c2nc3cc4sc5cccc(-c6nc(-c7ccc8ccccc8c7)nc(-c7cc8ccccc8c8ccccc78)n6)c5c4cc3o2)cc1. The van der Waals surface area contributed by atoms with E-state index in [2.05, 4.69) is 127 Å². The second kappa shape index (κ2) is 11.4. The number of oxazole rings is 1. The molecule has 5 nitrogen and oxygen atoms in total. The maximum atomic E-state index is 6.34. The molecule has 0 atom stereocenters. The molecule has 0 saturated heterocycles. The van der Waals surface area contributed by atoms with Crippen molar-refractivity contribution >= 4 is 74.9 Å². The first kappa shape index (κ1) is 29.0. The summed E-state index contributed by atoms with van der Waals surface area (Å²) in [7, 11) is 0. The first-order valence-corrected chi connectivity index (χ1v) is 18.0. The van der Waals surface area contributed by atoms with Crippen LogP contribution in [0.25, 0.3) is 109 Å². The highest BCUT2D eigenvalue weighted by Crippen LogP contribution is 2.42. The number of hydrogen-bond donors (Lipinski definition) is 0. The fourth-order valence-electron chi connectivity index (χ4n) is 7.45. The van der Waals surface area contributed by atoms with Gasteiger partial charge in [-0.3, -0.25) is 0 Å². The first-order valence-electron chi connectivity index (χ1n) is 17.2. The molecule has 0 radical (unpaired) electrons. The van der Waals surface area contributed by atoms with E-state index >= 15 is 0 Å². The minimum Gasteiger partial charge on any atom is -0.436 e. The summed E-state index contributed by atoms with van der Waals surface area (Å²) in [6, 6.07) is 54.7. The van der Waals surface area contributed by atoms with E-state index < -0.39 is 0 Å². The van der Waals surface area contributed by atoms with E-state index in [0.29, 0.717) is 23.4 Å². The van der Waals surface area contributed by atoms with Crippen LogP contribution in [0, 0.1) is 0 Å². The minimum absolute atomic E-state index is 0.613. The molecule has 3 aromatic heterocycles. The third-order valence-corrected chi connectivity index (χ3v) is 11.0. The summed E-state index contributed by atoms with van der Waals surface area (Å²) in [6.45, 7) is 0. The molecule has 0 aliphatic rings. The molecule has 8 aromatic carbocycles. The molecule has 6 heteroatoms. The number of thiophene rings is 1. The van der Waals surface area contributed by atoms with Gasteiger partial charge in [0.05, 0.1) is 0 Å². The Labute approximate surface area is 301 Å². The zero-order valence-corrected chi connectivity index (χ0v) is 28.4. The molecule has 0 fully saturated rings. The lowest BCUT2D eigenvalue weighted by molar-refractivity contribution is 0.620. The average molecular weight is 683 g/mol. The molecule has 0 amide bonds. The Kier molecular flexibility index (Phi) is 6.35. The molecule has 0 spiro atoms. The highest BCUT2D eigenvalue weighted by Gasteiger charge is 2.20. The lowest BCUT2D eigenvalue weighted by Crippen LogP contribution is -2.01. The van der Waals surface area contributed by atoms with Crippen LogP contribution in [-0.2, 0) is 0 Å². The zero-order valence-electron chi connectivity index (χ0n) is 27.6. The molecule has 0 aliphatic heterocycles. The zero-order chi connectivity index (χ0) is 34.2. The summed E-state index contributed by atoms with van der Waals surface area (Å²) in [6.07, 6.45) is 0. The molecule has 11 aromatic rings. The minimum atomic E-state index is 0.613. The maximum Gasteiger partial charge on any atom is 0.227 e. The van der Waals surface area contributed by atoms with Gasteiger partial charge in [-0.1, -0.05) is 115 Å². The molecular weight excluding hydrogens is 657 g/mol. The Bertz CT molecular complexity index is 3200. The van der Waals surface area contributed by atoms with Crippen LogP contribution in [0.3, 0.4) is 0 Å². The number of aromatic nitrogens is 4. The van der Waals surface area contributed by atoms with E-state index in [0.717, 1.165) is 69.7 Å². The van der Waals surface area contributed by atoms with Crippen LogP contribution in [0.15, 0.2) is 162 Å². The van der Waals surface area contributed by atoms with Gasteiger partial charge in [-0.05, 0) is 74.8 Å². The Hall–Kier alpha value is -6.76. The van der Waals surface area contributed by atoms with Gasteiger partial charge >= 0.3 is 0 Å². The van der Waals surface area contributed by atoms with E-state index in [9.17, 15) is 0 Å². The predicted octanol–water partition coefficient (Wildman–Crippen LogP) is 12.5. The molecule has 52 heavy (non-hydrogen) atoms. The second-order valence-corrected chi connectivity index (χ2v) is 14.1. The summed E-state index contributed by atoms with van der Waals surface area (Å²) in [5.74, 6) is 2.50. The van der Waals surface area contributed by atoms with Gasteiger partial charge in [-0.15, -0.1) is 11.3 Å². The molecule has 242 valence electrons. The van der Waals surface area contributed by atoms with Crippen LogP contribution < -0.4 is 0 Å². The molecule has 0 bridgehead atoms. The van der Waals surface area contributed by atoms with E-state index in [1.54, 1.807) is 11.3 Å². The number of nitrogens with zero attached hydrogens (tertiary/aromatic N) is 4. The van der Waals surface area contributed by atoms with Crippen molar-refractivity contribution < 1.29 is 4.42 Å². The quantitative estimate of drug-likeness (QED) is 0.173. The van der Waals surface area contributed by atoms with E-state index in [4.69, 9.17) is 24.4 Å². The number of hydrogen-bond acceptors (Lipinski definition) is 6. The number of benzene rings is 8. The summed E-state index contributed by atoms with van der Waals surface area (Å²) in [5.41, 5.74) is 5.39. The summed E-state index contributed by atoms with van der Waals surface area (Å²) >= 11 is 1.74. The van der Waals surface area contributed by atoms with E-state index in [-0.39, 0.29) is 0 Å². The van der Waals surface area contributed by atoms with Gasteiger partial charge in [0.1, 0.15) is 5.52 Å². The van der Waals surface area contributed by atoms with Crippen LogP contribution in [0.1, 0.15) is 0 Å².